The highest BCUT2D eigenvalue weighted by Crippen LogP contribution is 2.14. The van der Waals surface area contributed by atoms with Gasteiger partial charge in [0.2, 0.25) is 0 Å². The maximum absolute atomic E-state index is 5.52. The van der Waals surface area contributed by atoms with Gasteiger partial charge in [-0.3, -0.25) is 0 Å². The van der Waals surface area contributed by atoms with Crippen molar-refractivity contribution in [3.63, 3.8) is 0 Å². The molecule has 2 rings (SSSR count). The molecule has 0 aliphatic rings. The fourth-order valence-corrected chi connectivity index (χ4v) is 1.71. The largest absolute Gasteiger partial charge is 0.491 e. The molecule has 0 atom stereocenters. The van der Waals surface area contributed by atoms with E-state index >= 15 is 0 Å². The molecule has 3 heteroatoms. The number of para-hydroxylation sites is 1. The number of rotatable bonds is 7. The summed E-state index contributed by atoms with van der Waals surface area (Å²) in [6.45, 7) is 2.00. The minimum absolute atomic E-state index is 0.581. The second kappa shape index (κ2) is 7.44. The lowest BCUT2D eigenvalue weighted by Gasteiger charge is -2.08. The number of benzene rings is 2. The van der Waals surface area contributed by atoms with Crippen LogP contribution >= 0.6 is 0 Å². The van der Waals surface area contributed by atoms with Gasteiger partial charge in [0.25, 0.3) is 0 Å². The summed E-state index contributed by atoms with van der Waals surface area (Å²) >= 11 is 0. The number of methoxy groups -OCH3 is 1. The zero-order valence-corrected chi connectivity index (χ0v) is 11.1. The van der Waals surface area contributed by atoms with Crippen molar-refractivity contribution in [1.82, 2.24) is 0 Å². The van der Waals surface area contributed by atoms with Gasteiger partial charge in [0, 0.05) is 19.3 Å². The van der Waals surface area contributed by atoms with Crippen LogP contribution in [0, 0.1) is 0 Å². The van der Waals surface area contributed by atoms with E-state index in [1.165, 1.54) is 5.56 Å². The van der Waals surface area contributed by atoms with Crippen LogP contribution in [-0.4, -0.2) is 20.3 Å². The predicted molar refractivity (Wildman–Crippen MR) is 77.6 cm³/mol. The summed E-state index contributed by atoms with van der Waals surface area (Å²) in [5, 5.41) is 3.37. The Balaban J connectivity index is 1.81. The first kappa shape index (κ1) is 13.4. The normalized spacial score (nSPS) is 10.2. The number of ether oxygens (including phenoxy) is 2. The van der Waals surface area contributed by atoms with Crippen LogP contribution in [0.15, 0.2) is 54.6 Å². The number of hydrogen-bond acceptors (Lipinski definition) is 3. The smallest absolute Gasteiger partial charge is 0.119 e. The van der Waals surface area contributed by atoms with E-state index in [0.717, 1.165) is 18.0 Å². The summed E-state index contributed by atoms with van der Waals surface area (Å²) in [6, 6.07) is 18.3. The Morgan fingerprint density at radius 3 is 2.32 bits per heavy atom. The average molecular weight is 257 g/mol. The van der Waals surface area contributed by atoms with Gasteiger partial charge in [-0.05, 0) is 29.8 Å². The second-order valence-corrected chi connectivity index (χ2v) is 4.20. The fourth-order valence-electron chi connectivity index (χ4n) is 1.71. The van der Waals surface area contributed by atoms with Gasteiger partial charge in [0.1, 0.15) is 12.4 Å². The van der Waals surface area contributed by atoms with Gasteiger partial charge >= 0.3 is 0 Å². The van der Waals surface area contributed by atoms with E-state index in [4.69, 9.17) is 9.47 Å². The highest BCUT2D eigenvalue weighted by molar-refractivity contribution is 5.43. The molecule has 0 bridgehead atoms. The van der Waals surface area contributed by atoms with Crippen molar-refractivity contribution in [2.45, 2.75) is 6.54 Å². The van der Waals surface area contributed by atoms with Crippen molar-refractivity contribution in [2.75, 3.05) is 25.6 Å². The van der Waals surface area contributed by atoms with Crippen LogP contribution in [0.25, 0.3) is 0 Å². The molecule has 0 saturated heterocycles. The lowest BCUT2D eigenvalue weighted by atomic mass is 10.2. The van der Waals surface area contributed by atoms with Crippen molar-refractivity contribution in [3.8, 4) is 5.75 Å². The van der Waals surface area contributed by atoms with E-state index in [9.17, 15) is 0 Å². The zero-order valence-electron chi connectivity index (χ0n) is 11.1. The maximum atomic E-state index is 5.52. The lowest BCUT2D eigenvalue weighted by Crippen LogP contribution is -2.04. The van der Waals surface area contributed by atoms with Crippen LogP contribution in [-0.2, 0) is 11.3 Å². The Hall–Kier alpha value is -2.00. The van der Waals surface area contributed by atoms with Gasteiger partial charge in [-0.25, -0.2) is 0 Å². The Morgan fingerprint density at radius 2 is 1.63 bits per heavy atom. The monoisotopic (exact) mass is 257 g/mol. The van der Waals surface area contributed by atoms with Crippen LogP contribution < -0.4 is 10.1 Å². The van der Waals surface area contributed by atoms with Crippen LogP contribution in [0.4, 0.5) is 5.69 Å². The zero-order chi connectivity index (χ0) is 13.3. The van der Waals surface area contributed by atoms with E-state index in [-0.39, 0.29) is 0 Å². The fraction of sp³-hybridized carbons (Fsp3) is 0.250. The summed E-state index contributed by atoms with van der Waals surface area (Å²) in [6.07, 6.45) is 0. The lowest BCUT2D eigenvalue weighted by molar-refractivity contribution is 0.146. The summed E-state index contributed by atoms with van der Waals surface area (Å²) in [4.78, 5) is 0. The molecule has 1 N–H and O–H groups in total. The third kappa shape index (κ3) is 4.64. The molecule has 0 radical (unpaired) electrons. The molecule has 3 nitrogen and oxygen atoms in total. The maximum Gasteiger partial charge on any atom is 0.119 e. The average Bonchev–Trinajstić information content (AvgIpc) is 2.48. The summed E-state index contributed by atoms with van der Waals surface area (Å²) in [7, 11) is 1.67. The van der Waals surface area contributed by atoms with E-state index in [2.05, 4.69) is 29.6 Å². The molecule has 0 aliphatic heterocycles. The van der Waals surface area contributed by atoms with Gasteiger partial charge in [-0.15, -0.1) is 0 Å². The summed E-state index contributed by atoms with van der Waals surface area (Å²) in [5.41, 5.74) is 2.35. The van der Waals surface area contributed by atoms with Crippen LogP contribution in [0.2, 0.25) is 0 Å². The SMILES string of the molecule is COCCOc1ccc(CNc2ccccc2)cc1. The van der Waals surface area contributed by atoms with E-state index in [1.807, 2.05) is 30.3 Å². The molecule has 100 valence electrons. The quantitative estimate of drug-likeness (QED) is 0.772. The van der Waals surface area contributed by atoms with Gasteiger partial charge < -0.3 is 14.8 Å². The van der Waals surface area contributed by atoms with Crippen LogP contribution in [0.3, 0.4) is 0 Å². The van der Waals surface area contributed by atoms with Crippen LogP contribution in [0.1, 0.15) is 5.56 Å². The minimum Gasteiger partial charge on any atom is -0.491 e. The highest BCUT2D eigenvalue weighted by Gasteiger charge is 1.96. The Labute approximate surface area is 114 Å². The van der Waals surface area contributed by atoms with Crippen LogP contribution in [0.5, 0.6) is 5.75 Å². The first-order valence-corrected chi connectivity index (χ1v) is 6.38. The van der Waals surface area contributed by atoms with Gasteiger partial charge in [-0.2, -0.15) is 0 Å². The molecular formula is C16H19NO2. The minimum atomic E-state index is 0.581. The number of nitrogens with one attached hydrogen (secondary N) is 1. The summed E-state index contributed by atoms with van der Waals surface area (Å²) in [5.74, 6) is 0.875. The Bertz CT molecular complexity index is 468. The predicted octanol–water partition coefficient (Wildman–Crippen LogP) is 3.32. The molecule has 2 aromatic carbocycles. The van der Waals surface area contributed by atoms with Gasteiger partial charge in [0.05, 0.1) is 6.61 Å². The van der Waals surface area contributed by atoms with Crippen molar-refractivity contribution in [1.29, 1.82) is 0 Å². The molecule has 2 aromatic rings. The third-order valence-corrected chi connectivity index (χ3v) is 2.75. The molecule has 0 spiro atoms. The molecule has 0 unspecified atom stereocenters. The molecular weight excluding hydrogens is 238 g/mol. The summed E-state index contributed by atoms with van der Waals surface area (Å²) < 4.78 is 10.5. The van der Waals surface area contributed by atoms with E-state index in [1.54, 1.807) is 7.11 Å². The standard InChI is InChI=1S/C16H19NO2/c1-18-11-12-19-16-9-7-14(8-10-16)13-17-15-5-3-2-4-6-15/h2-10,17H,11-13H2,1H3. The number of hydrogen-bond donors (Lipinski definition) is 1. The van der Waals surface area contributed by atoms with Gasteiger partial charge in [0.15, 0.2) is 0 Å². The van der Waals surface area contributed by atoms with E-state index < -0.39 is 0 Å². The molecule has 0 fully saturated rings. The van der Waals surface area contributed by atoms with Crippen molar-refractivity contribution < 1.29 is 9.47 Å². The first-order valence-electron chi connectivity index (χ1n) is 6.38. The molecule has 0 saturated carbocycles. The molecule has 0 aliphatic carbocycles. The first-order chi connectivity index (χ1) is 9.38. The Kier molecular flexibility index (Phi) is 5.26. The topological polar surface area (TPSA) is 30.5 Å². The molecule has 0 heterocycles. The molecule has 0 amide bonds. The van der Waals surface area contributed by atoms with Crippen molar-refractivity contribution in [3.05, 3.63) is 60.2 Å². The van der Waals surface area contributed by atoms with Crippen molar-refractivity contribution >= 4 is 5.69 Å². The molecule has 19 heavy (non-hydrogen) atoms. The van der Waals surface area contributed by atoms with E-state index in [0.29, 0.717) is 13.2 Å². The van der Waals surface area contributed by atoms with Gasteiger partial charge in [-0.1, -0.05) is 30.3 Å². The third-order valence-electron chi connectivity index (χ3n) is 2.75. The molecule has 0 aromatic heterocycles. The highest BCUT2D eigenvalue weighted by atomic mass is 16.5. The number of anilines is 1. The van der Waals surface area contributed by atoms with Crippen molar-refractivity contribution in [2.24, 2.45) is 0 Å². The second-order valence-electron chi connectivity index (χ2n) is 4.20. The Morgan fingerprint density at radius 1 is 0.895 bits per heavy atom.